The standard InChI is InChI=1S/C23H35N5O7S/c1-21(2,3)33-18(31)23(7,8)35-28-16(15(29)9-12-13(10-24)25-17(12)30)14-11-36-19(26-14)27-20(32)34-22(4,5)6/h11-13H,9-10,24H2,1-8H3,(H,25,30)(H,26,27,32)/b28-16-/t12-,13+/m0/s1. The van der Waals surface area contributed by atoms with Crippen molar-refractivity contribution in [1.82, 2.24) is 10.3 Å². The van der Waals surface area contributed by atoms with Gasteiger partial charge in [-0.3, -0.25) is 14.9 Å². The lowest BCUT2D eigenvalue weighted by atomic mass is 9.85. The van der Waals surface area contributed by atoms with Crippen LogP contribution >= 0.6 is 11.3 Å². The second-order valence-corrected chi connectivity index (χ2v) is 11.7. The number of Topliss-reactive ketones (excluding diaryl/α,β-unsaturated/α-hetero) is 1. The van der Waals surface area contributed by atoms with Crippen molar-refractivity contribution in [3.63, 3.8) is 0 Å². The fourth-order valence-corrected chi connectivity index (χ4v) is 3.58. The van der Waals surface area contributed by atoms with Crippen LogP contribution in [0.4, 0.5) is 9.93 Å². The Kier molecular flexibility index (Phi) is 8.84. The van der Waals surface area contributed by atoms with Crippen LogP contribution in [-0.2, 0) is 28.7 Å². The molecule has 36 heavy (non-hydrogen) atoms. The summed E-state index contributed by atoms with van der Waals surface area (Å²) in [7, 11) is 0. The summed E-state index contributed by atoms with van der Waals surface area (Å²) in [5.74, 6) is -2.14. The number of hydrogen-bond donors (Lipinski definition) is 3. The second kappa shape index (κ2) is 10.9. The Morgan fingerprint density at radius 3 is 2.25 bits per heavy atom. The van der Waals surface area contributed by atoms with Gasteiger partial charge in [-0.05, 0) is 55.4 Å². The molecule has 1 aliphatic rings. The van der Waals surface area contributed by atoms with E-state index >= 15 is 0 Å². The molecule has 1 saturated heterocycles. The number of nitrogens with zero attached hydrogens (tertiary/aromatic N) is 2. The van der Waals surface area contributed by atoms with Crippen LogP contribution in [-0.4, -0.2) is 63.8 Å². The van der Waals surface area contributed by atoms with Crippen molar-refractivity contribution in [3.05, 3.63) is 11.1 Å². The topological polar surface area (TPSA) is 171 Å². The number of esters is 1. The lowest BCUT2D eigenvalue weighted by Crippen LogP contribution is -2.61. The van der Waals surface area contributed by atoms with Gasteiger partial charge in [0.05, 0.1) is 12.0 Å². The van der Waals surface area contributed by atoms with E-state index in [1.165, 1.54) is 19.2 Å². The van der Waals surface area contributed by atoms with Crippen molar-refractivity contribution in [2.45, 2.75) is 84.7 Å². The Bertz CT molecular complexity index is 1040. The van der Waals surface area contributed by atoms with Crippen LogP contribution in [0.1, 0.15) is 67.5 Å². The van der Waals surface area contributed by atoms with Gasteiger partial charge in [-0.2, -0.15) is 0 Å². The van der Waals surface area contributed by atoms with Crippen LogP contribution in [0.2, 0.25) is 0 Å². The number of rotatable bonds is 9. The SMILES string of the molecule is CC(C)(C)OC(=O)Nc1nc(/C(=N/OC(C)(C)C(=O)OC(C)(C)C)C(=O)C[C@@H]2C(=O)N[C@@H]2CN)cs1. The third-order valence-electron chi connectivity index (χ3n) is 4.68. The average Bonchev–Trinajstić information content (AvgIpc) is 3.15. The highest BCUT2D eigenvalue weighted by Gasteiger charge is 2.41. The van der Waals surface area contributed by atoms with E-state index < -0.39 is 40.6 Å². The van der Waals surface area contributed by atoms with Gasteiger partial charge in [-0.25, -0.2) is 14.6 Å². The third-order valence-corrected chi connectivity index (χ3v) is 5.44. The van der Waals surface area contributed by atoms with Crippen LogP contribution in [0.3, 0.4) is 0 Å². The molecule has 0 unspecified atom stereocenters. The highest BCUT2D eigenvalue weighted by molar-refractivity contribution is 7.14. The molecule has 0 saturated carbocycles. The van der Waals surface area contributed by atoms with Crippen LogP contribution in [0, 0.1) is 5.92 Å². The van der Waals surface area contributed by atoms with Crippen molar-refractivity contribution in [2.24, 2.45) is 16.8 Å². The van der Waals surface area contributed by atoms with E-state index in [0.29, 0.717) is 0 Å². The number of thiazole rings is 1. The van der Waals surface area contributed by atoms with Gasteiger partial charge in [-0.1, -0.05) is 5.16 Å². The summed E-state index contributed by atoms with van der Waals surface area (Å²) < 4.78 is 10.6. The maximum absolute atomic E-state index is 13.2. The molecule has 2 heterocycles. The molecule has 1 aliphatic heterocycles. The van der Waals surface area contributed by atoms with Crippen molar-refractivity contribution >= 4 is 45.9 Å². The molecule has 2 rings (SSSR count). The summed E-state index contributed by atoms with van der Waals surface area (Å²) in [4.78, 5) is 59.5. The number of β-lactam (4-membered cyclic amide) rings is 1. The fraction of sp³-hybridized carbons (Fsp3) is 0.652. The molecule has 0 radical (unpaired) electrons. The number of ether oxygens (including phenoxy) is 2. The number of hydrogen-bond acceptors (Lipinski definition) is 11. The van der Waals surface area contributed by atoms with E-state index in [1.54, 1.807) is 41.5 Å². The number of aromatic nitrogens is 1. The number of nitrogens with two attached hydrogens (primary N) is 1. The minimum atomic E-state index is -1.53. The first-order valence-electron chi connectivity index (χ1n) is 11.4. The highest BCUT2D eigenvalue weighted by Crippen LogP contribution is 2.24. The molecule has 200 valence electrons. The lowest BCUT2D eigenvalue weighted by molar-refractivity contribution is -0.179. The van der Waals surface area contributed by atoms with Crippen LogP contribution in [0.25, 0.3) is 0 Å². The summed E-state index contributed by atoms with van der Waals surface area (Å²) >= 11 is 1.04. The molecule has 12 nitrogen and oxygen atoms in total. The average molecular weight is 526 g/mol. The molecule has 4 N–H and O–H groups in total. The zero-order valence-electron chi connectivity index (χ0n) is 21.9. The van der Waals surface area contributed by atoms with E-state index in [4.69, 9.17) is 20.0 Å². The minimum Gasteiger partial charge on any atom is -0.457 e. The number of oxime groups is 1. The van der Waals surface area contributed by atoms with E-state index in [9.17, 15) is 19.2 Å². The Labute approximate surface area is 214 Å². The summed E-state index contributed by atoms with van der Waals surface area (Å²) in [6, 6.07) is -0.332. The van der Waals surface area contributed by atoms with E-state index in [1.807, 2.05) is 0 Å². The number of anilines is 1. The number of ketones is 1. The normalized spacial score (nSPS) is 18.6. The van der Waals surface area contributed by atoms with Gasteiger partial charge in [0.2, 0.25) is 11.5 Å². The first-order chi connectivity index (χ1) is 16.4. The Hall–Kier alpha value is -3.06. The summed E-state index contributed by atoms with van der Waals surface area (Å²) in [5, 5.41) is 10.8. The van der Waals surface area contributed by atoms with Gasteiger partial charge in [0.25, 0.3) is 0 Å². The van der Waals surface area contributed by atoms with Crippen LogP contribution < -0.4 is 16.4 Å². The Morgan fingerprint density at radius 2 is 1.72 bits per heavy atom. The lowest BCUT2D eigenvalue weighted by Gasteiger charge is -2.35. The number of amides is 2. The number of nitrogens with one attached hydrogen (secondary N) is 2. The Balaban J connectivity index is 2.30. The van der Waals surface area contributed by atoms with Gasteiger partial charge >= 0.3 is 12.1 Å². The molecule has 0 aromatic carbocycles. The number of carbonyl (C=O) groups excluding carboxylic acids is 4. The Morgan fingerprint density at radius 1 is 1.11 bits per heavy atom. The fourth-order valence-electron chi connectivity index (χ4n) is 2.90. The highest BCUT2D eigenvalue weighted by atomic mass is 32.1. The maximum Gasteiger partial charge on any atom is 0.413 e. The van der Waals surface area contributed by atoms with E-state index in [2.05, 4.69) is 20.8 Å². The smallest absolute Gasteiger partial charge is 0.413 e. The molecule has 1 fully saturated rings. The largest absolute Gasteiger partial charge is 0.457 e. The maximum atomic E-state index is 13.2. The molecule has 0 bridgehead atoms. The molecule has 0 aliphatic carbocycles. The van der Waals surface area contributed by atoms with E-state index in [-0.39, 0.29) is 41.5 Å². The van der Waals surface area contributed by atoms with Crippen LogP contribution in [0.15, 0.2) is 10.5 Å². The molecular weight excluding hydrogens is 490 g/mol. The summed E-state index contributed by atoms with van der Waals surface area (Å²) in [6.07, 6.45) is -0.901. The summed E-state index contributed by atoms with van der Waals surface area (Å²) in [6.45, 7) is 13.4. The predicted molar refractivity (Wildman–Crippen MR) is 134 cm³/mol. The summed E-state index contributed by atoms with van der Waals surface area (Å²) in [5.41, 5.74) is 2.53. The zero-order chi connectivity index (χ0) is 27.5. The molecular formula is C23H35N5O7S. The van der Waals surface area contributed by atoms with Gasteiger partial charge in [-0.15, -0.1) is 11.3 Å². The van der Waals surface area contributed by atoms with Gasteiger partial charge in [0.1, 0.15) is 16.9 Å². The second-order valence-electron chi connectivity index (χ2n) is 10.8. The molecule has 2 atom stereocenters. The van der Waals surface area contributed by atoms with Crippen molar-refractivity contribution in [2.75, 3.05) is 11.9 Å². The predicted octanol–water partition coefficient (Wildman–Crippen LogP) is 2.36. The molecule has 1 aromatic heterocycles. The molecule has 1 aromatic rings. The quantitative estimate of drug-likeness (QED) is 0.189. The van der Waals surface area contributed by atoms with E-state index in [0.717, 1.165) is 11.3 Å². The molecule has 2 amide bonds. The zero-order valence-corrected chi connectivity index (χ0v) is 22.7. The first kappa shape index (κ1) is 29.2. The molecule has 0 spiro atoms. The molecule has 13 heteroatoms. The first-order valence-corrected chi connectivity index (χ1v) is 12.3. The van der Waals surface area contributed by atoms with Gasteiger partial charge in [0.15, 0.2) is 16.6 Å². The minimum absolute atomic E-state index is 0.0973. The van der Waals surface area contributed by atoms with Crippen molar-refractivity contribution < 1.29 is 33.5 Å². The van der Waals surface area contributed by atoms with Crippen molar-refractivity contribution in [3.8, 4) is 0 Å². The third kappa shape index (κ3) is 8.26. The van der Waals surface area contributed by atoms with Gasteiger partial charge < -0.3 is 25.4 Å². The van der Waals surface area contributed by atoms with Crippen LogP contribution in [0.5, 0.6) is 0 Å². The van der Waals surface area contributed by atoms with Crippen molar-refractivity contribution in [1.29, 1.82) is 0 Å². The number of carbonyl (C=O) groups is 4. The van der Waals surface area contributed by atoms with Gasteiger partial charge in [0, 0.05) is 18.3 Å². The monoisotopic (exact) mass is 525 g/mol.